The number of aliphatic hydroxyl groups is 1. The van der Waals surface area contributed by atoms with Gasteiger partial charge in [-0.25, -0.2) is 4.79 Å². The number of rotatable bonds is 4. The summed E-state index contributed by atoms with van der Waals surface area (Å²) in [6.45, 7) is 7.17. The first kappa shape index (κ1) is 24.7. The van der Waals surface area contributed by atoms with Crippen LogP contribution in [0.2, 0.25) is 0 Å². The predicted molar refractivity (Wildman–Crippen MR) is 134 cm³/mol. The highest BCUT2D eigenvalue weighted by Crippen LogP contribution is 2.86. The SMILES string of the molecule is CO[C@H]1C[C@H](O[C@H]2CC[C@@]3(C)[C@H](CC[C@@]45O[C@@]46C[C@H]4O[C@@]4(C4=CC(=O)OC4)[C@@]6(C)CC[C@H]35)C2)O[C@H](C)[C@@H]1O. The summed E-state index contributed by atoms with van der Waals surface area (Å²) in [6.07, 6.45) is 9.76. The number of carbonyl (C=O) groups excluding carboxylic acids is 1. The Labute approximate surface area is 224 Å². The van der Waals surface area contributed by atoms with Crippen molar-refractivity contribution in [1.29, 1.82) is 0 Å². The molecule has 0 amide bonds. The predicted octanol–water partition coefficient (Wildman–Crippen LogP) is 3.43. The minimum Gasteiger partial charge on any atom is -0.458 e. The Morgan fingerprint density at radius 3 is 2.71 bits per heavy atom. The average Bonchev–Trinajstić information content (AvgIpc) is 3.69. The van der Waals surface area contributed by atoms with Gasteiger partial charge in [-0.2, -0.15) is 0 Å². The third-order valence-corrected chi connectivity index (χ3v) is 13.0. The van der Waals surface area contributed by atoms with E-state index in [1.807, 2.05) is 6.92 Å². The van der Waals surface area contributed by atoms with E-state index >= 15 is 0 Å². The number of carbonyl (C=O) groups is 1. The molecule has 8 aliphatic rings. The van der Waals surface area contributed by atoms with Crippen molar-refractivity contribution < 1.29 is 38.3 Å². The molecule has 4 aliphatic carbocycles. The first-order valence-corrected chi connectivity index (χ1v) is 14.9. The fraction of sp³-hybridized carbons (Fsp3) is 0.900. The van der Waals surface area contributed by atoms with Gasteiger partial charge in [-0.05, 0) is 69.1 Å². The van der Waals surface area contributed by atoms with Gasteiger partial charge >= 0.3 is 5.97 Å². The summed E-state index contributed by atoms with van der Waals surface area (Å²) in [5, 5.41) is 10.3. The fourth-order valence-electron chi connectivity index (χ4n) is 11.0. The maximum Gasteiger partial charge on any atom is 0.331 e. The molecule has 0 aromatic heterocycles. The molecule has 2 spiro atoms. The first-order chi connectivity index (χ1) is 18.1. The molecular weight excluding hydrogens is 488 g/mol. The number of ether oxygens (including phenoxy) is 6. The number of epoxide rings is 2. The zero-order chi connectivity index (χ0) is 26.3. The van der Waals surface area contributed by atoms with E-state index in [0.29, 0.717) is 24.9 Å². The molecule has 8 nitrogen and oxygen atoms in total. The van der Waals surface area contributed by atoms with Gasteiger partial charge in [0.2, 0.25) is 0 Å². The third-order valence-electron chi connectivity index (χ3n) is 13.0. The Bertz CT molecular complexity index is 1090. The van der Waals surface area contributed by atoms with E-state index in [1.54, 1.807) is 13.2 Å². The van der Waals surface area contributed by atoms with Crippen molar-refractivity contribution in [2.24, 2.45) is 22.7 Å². The highest BCUT2D eigenvalue weighted by Gasteiger charge is 2.95. The minimum atomic E-state index is -0.615. The maximum atomic E-state index is 11.9. The number of aliphatic hydroxyl groups excluding tert-OH is 1. The van der Waals surface area contributed by atoms with E-state index in [4.69, 9.17) is 28.4 Å². The van der Waals surface area contributed by atoms with Gasteiger partial charge in [-0.15, -0.1) is 0 Å². The molecule has 0 aromatic rings. The first-order valence-electron chi connectivity index (χ1n) is 14.9. The average molecular weight is 531 g/mol. The number of methoxy groups -OCH3 is 1. The normalized spacial score (nSPS) is 60.0. The molecule has 0 bridgehead atoms. The minimum absolute atomic E-state index is 0.0590. The molecule has 8 heteroatoms. The second kappa shape index (κ2) is 7.62. The molecule has 0 aromatic carbocycles. The van der Waals surface area contributed by atoms with Gasteiger partial charge in [-0.1, -0.05) is 13.8 Å². The molecule has 0 unspecified atom stereocenters. The number of cyclic esters (lactones) is 1. The molecule has 210 valence electrons. The van der Waals surface area contributed by atoms with Crippen molar-refractivity contribution in [2.75, 3.05) is 13.7 Å². The van der Waals surface area contributed by atoms with Crippen LogP contribution in [0.1, 0.15) is 78.6 Å². The van der Waals surface area contributed by atoms with Crippen molar-refractivity contribution in [3.05, 3.63) is 11.6 Å². The lowest BCUT2D eigenvalue weighted by Gasteiger charge is -2.58. The molecular formula is C30H42O8. The number of hydrogen-bond donors (Lipinski definition) is 1. The summed E-state index contributed by atoms with van der Waals surface area (Å²) in [7, 11) is 1.65. The summed E-state index contributed by atoms with van der Waals surface area (Å²) in [5.74, 6) is 0.922. The highest BCUT2D eigenvalue weighted by molar-refractivity contribution is 5.86. The second-order valence-corrected chi connectivity index (χ2v) is 14.1. The van der Waals surface area contributed by atoms with Gasteiger partial charge in [0.05, 0.1) is 24.4 Å². The number of fused-ring (bicyclic) bond motifs is 4. The third kappa shape index (κ3) is 2.76. The topological polar surface area (TPSA) is 99.3 Å². The Kier molecular flexibility index (Phi) is 4.96. The number of hydrogen-bond acceptors (Lipinski definition) is 8. The second-order valence-electron chi connectivity index (χ2n) is 14.1. The van der Waals surface area contributed by atoms with Gasteiger partial charge < -0.3 is 33.5 Å². The Hall–Kier alpha value is -1.03. The van der Waals surface area contributed by atoms with Crippen molar-refractivity contribution in [2.45, 2.75) is 132 Å². The van der Waals surface area contributed by atoms with E-state index in [2.05, 4.69) is 13.8 Å². The van der Waals surface area contributed by atoms with E-state index in [9.17, 15) is 9.90 Å². The number of esters is 1. The lowest BCUT2D eigenvalue weighted by molar-refractivity contribution is -0.271. The lowest BCUT2D eigenvalue weighted by atomic mass is 9.44. The van der Waals surface area contributed by atoms with E-state index in [-0.39, 0.29) is 64.3 Å². The van der Waals surface area contributed by atoms with Crippen LogP contribution < -0.4 is 0 Å². The van der Waals surface area contributed by atoms with Crippen LogP contribution in [0.5, 0.6) is 0 Å². The van der Waals surface area contributed by atoms with Crippen LogP contribution in [-0.2, 0) is 33.2 Å². The van der Waals surface area contributed by atoms with Gasteiger partial charge in [-0.3, -0.25) is 0 Å². The standard InChI is InChI=1S/C30H42O8/c1-16-25(32)20(33-4)13-24(35-16)36-19-6-8-26(2)17(11-19)5-10-28-21(26)7-9-27(3)29(28,38-28)14-22-30(27,37-22)18-12-23(31)34-15-18/h12,16-17,19-22,24-25,32H,5-11,13-15H2,1-4H3/t16-,17-,19+,20+,21-,22-,24+,25+,26+,27+,28+,29-,30-/m1/s1. The summed E-state index contributed by atoms with van der Waals surface area (Å²) in [6, 6.07) is 0. The van der Waals surface area contributed by atoms with Gasteiger partial charge in [0.15, 0.2) is 6.29 Å². The van der Waals surface area contributed by atoms with Crippen LogP contribution in [0, 0.1) is 22.7 Å². The van der Waals surface area contributed by atoms with Gasteiger partial charge in [0.25, 0.3) is 0 Å². The summed E-state index contributed by atoms with van der Waals surface area (Å²) < 4.78 is 36.9. The van der Waals surface area contributed by atoms with Crippen LogP contribution in [0.15, 0.2) is 11.6 Å². The van der Waals surface area contributed by atoms with E-state index in [0.717, 1.165) is 56.9 Å². The van der Waals surface area contributed by atoms with Gasteiger partial charge in [0, 0.05) is 37.0 Å². The molecule has 0 radical (unpaired) electrons. The molecule has 3 saturated heterocycles. The van der Waals surface area contributed by atoms with Crippen molar-refractivity contribution >= 4 is 5.97 Å². The summed E-state index contributed by atoms with van der Waals surface area (Å²) in [4.78, 5) is 11.9. The monoisotopic (exact) mass is 530 g/mol. The molecule has 4 heterocycles. The lowest BCUT2D eigenvalue weighted by Crippen LogP contribution is -2.60. The summed E-state index contributed by atoms with van der Waals surface area (Å²) in [5.41, 5.74) is 0.597. The van der Waals surface area contributed by atoms with Crippen molar-refractivity contribution in [1.82, 2.24) is 0 Å². The molecule has 8 rings (SSSR count). The largest absolute Gasteiger partial charge is 0.458 e. The van der Waals surface area contributed by atoms with Crippen LogP contribution in [0.3, 0.4) is 0 Å². The highest BCUT2D eigenvalue weighted by atomic mass is 16.7. The zero-order valence-corrected chi connectivity index (χ0v) is 23.1. The molecule has 1 N–H and O–H groups in total. The van der Waals surface area contributed by atoms with Crippen LogP contribution in [-0.4, -0.2) is 78.4 Å². The summed E-state index contributed by atoms with van der Waals surface area (Å²) >= 11 is 0. The zero-order valence-electron chi connectivity index (χ0n) is 23.1. The quantitative estimate of drug-likeness (QED) is 0.335. The molecule has 4 saturated carbocycles. The Morgan fingerprint density at radius 2 is 1.95 bits per heavy atom. The van der Waals surface area contributed by atoms with Crippen LogP contribution in [0.25, 0.3) is 0 Å². The fourth-order valence-corrected chi connectivity index (χ4v) is 11.0. The van der Waals surface area contributed by atoms with E-state index in [1.165, 1.54) is 0 Å². The van der Waals surface area contributed by atoms with Crippen molar-refractivity contribution in [3.63, 3.8) is 0 Å². The molecule has 4 aliphatic heterocycles. The maximum absolute atomic E-state index is 11.9. The van der Waals surface area contributed by atoms with Crippen LogP contribution >= 0.6 is 0 Å². The van der Waals surface area contributed by atoms with E-state index < -0.39 is 6.10 Å². The molecule has 7 fully saturated rings. The van der Waals surface area contributed by atoms with Gasteiger partial charge in [0.1, 0.15) is 29.5 Å². The smallest absolute Gasteiger partial charge is 0.331 e. The molecule has 38 heavy (non-hydrogen) atoms. The Morgan fingerprint density at radius 1 is 1.11 bits per heavy atom. The van der Waals surface area contributed by atoms with Crippen molar-refractivity contribution in [3.8, 4) is 0 Å². The van der Waals surface area contributed by atoms with Crippen LogP contribution in [0.4, 0.5) is 0 Å². The molecule has 13 atom stereocenters. The Balaban J connectivity index is 1.00.